The van der Waals surface area contributed by atoms with E-state index in [0.29, 0.717) is 13.1 Å². The number of hydrogen-bond acceptors (Lipinski definition) is 7. The van der Waals surface area contributed by atoms with E-state index in [-0.39, 0.29) is 47.7 Å². The first-order valence-corrected chi connectivity index (χ1v) is 11.8. The quantitative estimate of drug-likeness (QED) is 0.488. The van der Waals surface area contributed by atoms with Crippen molar-refractivity contribution >= 4 is 33.5 Å². The van der Waals surface area contributed by atoms with E-state index in [1.807, 2.05) is 0 Å². The highest BCUT2D eigenvalue weighted by atomic mass is 35.5. The fraction of sp³-hybridized carbons (Fsp3) is 0.579. The molecule has 1 heterocycles. The first kappa shape index (κ1) is 29.9. The van der Waals surface area contributed by atoms with Crippen LogP contribution in [0.3, 0.4) is 0 Å². The van der Waals surface area contributed by atoms with Crippen molar-refractivity contribution in [3.05, 3.63) is 23.2 Å². The van der Waals surface area contributed by atoms with Crippen molar-refractivity contribution in [3.8, 4) is 5.75 Å². The van der Waals surface area contributed by atoms with Crippen molar-refractivity contribution in [3.63, 3.8) is 0 Å². The first-order chi connectivity index (χ1) is 15.8. The Hall–Kier alpha value is -2.13. The molecule has 1 aromatic carbocycles. The number of amides is 1. The maximum Gasteiger partial charge on any atom is 0.490 e. The summed E-state index contributed by atoms with van der Waals surface area (Å²) in [5.74, 6) is -2.62. The minimum atomic E-state index is -5.08. The average molecular weight is 534 g/mol. The maximum absolute atomic E-state index is 13.2. The van der Waals surface area contributed by atoms with Gasteiger partial charge < -0.3 is 24.8 Å². The van der Waals surface area contributed by atoms with Gasteiger partial charge in [-0.2, -0.15) is 17.5 Å². The zero-order valence-corrected chi connectivity index (χ0v) is 20.2. The van der Waals surface area contributed by atoms with Gasteiger partial charge in [-0.3, -0.25) is 4.79 Å². The lowest BCUT2D eigenvalue weighted by Crippen LogP contribution is -2.47. The van der Waals surface area contributed by atoms with Crippen molar-refractivity contribution in [2.24, 2.45) is 0 Å². The van der Waals surface area contributed by atoms with Crippen LogP contribution in [0.1, 0.15) is 6.42 Å². The number of hydrogen-bond donors (Lipinski definition) is 2. The second-order valence-electron chi connectivity index (χ2n) is 6.88. The summed E-state index contributed by atoms with van der Waals surface area (Å²) in [6, 6.07) is 4.43. The number of aliphatic carboxylic acids is 1. The van der Waals surface area contributed by atoms with E-state index in [1.165, 1.54) is 30.7 Å². The third-order valence-electron chi connectivity index (χ3n) is 4.58. The number of carbonyl (C=O) groups excluding carboxylic acids is 1. The van der Waals surface area contributed by atoms with Crippen LogP contribution in [0.5, 0.6) is 5.75 Å². The van der Waals surface area contributed by atoms with Crippen LogP contribution in [0.15, 0.2) is 23.1 Å². The summed E-state index contributed by atoms with van der Waals surface area (Å²) in [5, 5.41) is 10.6. The molecule has 0 atom stereocenters. The molecule has 2 N–H and O–H groups in total. The number of ether oxygens (including phenoxy) is 2. The number of methoxy groups -OCH3 is 2. The summed E-state index contributed by atoms with van der Waals surface area (Å²) >= 11 is 5.99. The monoisotopic (exact) mass is 533 g/mol. The van der Waals surface area contributed by atoms with Crippen LogP contribution < -0.4 is 10.1 Å². The molecule has 0 spiro atoms. The van der Waals surface area contributed by atoms with Gasteiger partial charge >= 0.3 is 12.1 Å². The van der Waals surface area contributed by atoms with Gasteiger partial charge in [0.05, 0.1) is 13.7 Å². The Kier molecular flexibility index (Phi) is 12.0. The molecule has 0 bridgehead atoms. The topological polar surface area (TPSA) is 125 Å². The van der Waals surface area contributed by atoms with Gasteiger partial charge in [-0.15, -0.1) is 0 Å². The van der Waals surface area contributed by atoms with E-state index in [2.05, 4.69) is 5.32 Å². The second kappa shape index (κ2) is 13.7. The van der Waals surface area contributed by atoms with Crippen LogP contribution in [0.4, 0.5) is 13.2 Å². The standard InChI is InChI=1S/C17H26ClN3O5S.C2HF3O2/c1-25-12-11-21(8-5-17(22)20-9-6-19-7-10-20)27(23,24)16-13-14(18)3-4-15(16)26-2;3-2(4,5)1(6)7/h3-4,13,19H,5-12H2,1-2H3;(H,6,7). The Balaban J connectivity index is 0.000000718. The number of halogens is 4. The average Bonchev–Trinajstić information content (AvgIpc) is 2.79. The van der Waals surface area contributed by atoms with Crippen LogP contribution in [0.25, 0.3) is 0 Å². The van der Waals surface area contributed by atoms with Crippen molar-refractivity contribution in [2.75, 3.05) is 60.1 Å². The minimum Gasteiger partial charge on any atom is -0.495 e. The second-order valence-corrected chi connectivity index (χ2v) is 9.22. The number of nitrogens with one attached hydrogen (secondary N) is 1. The Morgan fingerprint density at radius 3 is 2.29 bits per heavy atom. The maximum atomic E-state index is 13.2. The molecule has 0 radical (unpaired) electrons. The zero-order valence-electron chi connectivity index (χ0n) is 18.6. The number of nitrogens with zero attached hydrogens (tertiary/aromatic N) is 2. The molecule has 34 heavy (non-hydrogen) atoms. The predicted octanol–water partition coefficient (Wildman–Crippen LogP) is 1.44. The molecule has 1 aliphatic heterocycles. The van der Waals surface area contributed by atoms with Crippen LogP contribution in [-0.4, -0.2) is 101 Å². The van der Waals surface area contributed by atoms with Gasteiger partial charge in [0.25, 0.3) is 0 Å². The SMILES string of the molecule is COCCN(CCC(=O)N1CCNCC1)S(=O)(=O)c1cc(Cl)ccc1OC.O=C(O)C(F)(F)F. The van der Waals surface area contributed by atoms with Crippen molar-refractivity contribution in [1.29, 1.82) is 0 Å². The molecule has 1 amide bonds. The van der Waals surface area contributed by atoms with Gasteiger partial charge in [-0.25, -0.2) is 13.2 Å². The van der Waals surface area contributed by atoms with E-state index in [4.69, 9.17) is 31.0 Å². The highest BCUT2D eigenvalue weighted by molar-refractivity contribution is 7.89. The van der Waals surface area contributed by atoms with Crippen LogP contribution in [0, 0.1) is 0 Å². The van der Waals surface area contributed by atoms with Crippen LogP contribution in [0.2, 0.25) is 5.02 Å². The molecule has 15 heteroatoms. The molecule has 194 valence electrons. The lowest BCUT2D eigenvalue weighted by atomic mass is 10.3. The number of carbonyl (C=O) groups is 2. The first-order valence-electron chi connectivity index (χ1n) is 9.95. The molecule has 0 aliphatic carbocycles. The third kappa shape index (κ3) is 9.25. The number of carboxylic acid groups (broad SMARTS) is 1. The number of sulfonamides is 1. The van der Waals surface area contributed by atoms with Crippen molar-refractivity contribution in [2.45, 2.75) is 17.5 Å². The van der Waals surface area contributed by atoms with Gasteiger partial charge in [0.15, 0.2) is 0 Å². The Morgan fingerprint density at radius 1 is 1.21 bits per heavy atom. The fourth-order valence-electron chi connectivity index (χ4n) is 2.83. The van der Waals surface area contributed by atoms with E-state index < -0.39 is 22.2 Å². The molecule has 0 saturated carbocycles. The number of benzene rings is 1. The predicted molar refractivity (Wildman–Crippen MR) is 116 cm³/mol. The van der Waals surface area contributed by atoms with E-state index in [9.17, 15) is 26.4 Å². The number of piperazine rings is 1. The molecule has 1 fully saturated rings. The Bertz CT molecular complexity index is 926. The Morgan fingerprint density at radius 2 is 1.79 bits per heavy atom. The van der Waals surface area contributed by atoms with E-state index in [1.54, 1.807) is 11.0 Å². The lowest BCUT2D eigenvalue weighted by Gasteiger charge is -2.29. The van der Waals surface area contributed by atoms with Crippen LogP contribution in [-0.2, 0) is 24.3 Å². The molecule has 10 nitrogen and oxygen atoms in total. The minimum absolute atomic E-state index is 0.0248. The summed E-state index contributed by atoms with van der Waals surface area (Å²) < 4.78 is 69.5. The summed E-state index contributed by atoms with van der Waals surface area (Å²) in [4.78, 5) is 23.0. The summed E-state index contributed by atoms with van der Waals surface area (Å²) in [6.45, 7) is 3.16. The summed E-state index contributed by atoms with van der Waals surface area (Å²) in [5.41, 5.74) is 0. The molecular weight excluding hydrogens is 507 g/mol. The van der Waals surface area contributed by atoms with Gasteiger partial charge in [-0.1, -0.05) is 11.6 Å². The molecule has 1 saturated heterocycles. The number of alkyl halides is 3. The van der Waals surface area contributed by atoms with Crippen molar-refractivity contribution < 1.29 is 45.8 Å². The third-order valence-corrected chi connectivity index (χ3v) is 6.73. The fourth-order valence-corrected chi connectivity index (χ4v) is 4.67. The Labute approximate surface area is 200 Å². The lowest BCUT2D eigenvalue weighted by molar-refractivity contribution is -0.192. The zero-order chi connectivity index (χ0) is 25.9. The van der Waals surface area contributed by atoms with Gasteiger partial charge in [0.2, 0.25) is 15.9 Å². The van der Waals surface area contributed by atoms with E-state index in [0.717, 1.165) is 13.1 Å². The molecular formula is C19H27ClF3N3O7S. The summed E-state index contributed by atoms with van der Waals surface area (Å²) in [6.07, 6.45) is -4.98. The molecule has 0 unspecified atom stereocenters. The summed E-state index contributed by atoms with van der Waals surface area (Å²) in [7, 11) is -1.01. The van der Waals surface area contributed by atoms with Gasteiger partial charge in [-0.05, 0) is 18.2 Å². The van der Waals surface area contributed by atoms with Gasteiger partial charge in [0.1, 0.15) is 10.6 Å². The molecule has 2 rings (SSSR count). The van der Waals surface area contributed by atoms with Gasteiger partial charge in [0, 0.05) is 57.8 Å². The highest BCUT2D eigenvalue weighted by Gasteiger charge is 2.38. The van der Waals surface area contributed by atoms with Crippen molar-refractivity contribution in [1.82, 2.24) is 14.5 Å². The smallest absolute Gasteiger partial charge is 0.490 e. The molecule has 0 aromatic heterocycles. The normalized spacial score (nSPS) is 14.4. The highest BCUT2D eigenvalue weighted by Crippen LogP contribution is 2.29. The molecule has 1 aliphatic rings. The molecule has 1 aromatic rings. The number of carboxylic acids is 1. The van der Waals surface area contributed by atoms with Crippen LogP contribution >= 0.6 is 11.6 Å². The largest absolute Gasteiger partial charge is 0.495 e. The number of rotatable bonds is 9. The van der Waals surface area contributed by atoms with E-state index >= 15 is 0 Å².